The van der Waals surface area contributed by atoms with Gasteiger partial charge in [-0.3, -0.25) is 4.79 Å². The second-order valence-corrected chi connectivity index (χ2v) is 2.29. The summed E-state index contributed by atoms with van der Waals surface area (Å²) in [5, 5.41) is 35.1. The van der Waals surface area contributed by atoms with Gasteiger partial charge in [0, 0.05) is 0 Å². The lowest BCUT2D eigenvalue weighted by Gasteiger charge is -2.18. The van der Waals surface area contributed by atoms with E-state index in [1.807, 2.05) is 0 Å². The molecule has 0 aromatic heterocycles. The zero-order chi connectivity index (χ0) is 9.72. The van der Waals surface area contributed by atoms with Crippen molar-refractivity contribution in [3.8, 4) is 0 Å². The third kappa shape index (κ3) is 2.71. The van der Waals surface area contributed by atoms with Crippen LogP contribution in [0.15, 0.2) is 12.7 Å². The van der Waals surface area contributed by atoms with Gasteiger partial charge in [-0.2, -0.15) is 0 Å². The van der Waals surface area contributed by atoms with E-state index >= 15 is 0 Å². The van der Waals surface area contributed by atoms with Gasteiger partial charge < -0.3 is 20.4 Å². The summed E-state index contributed by atoms with van der Waals surface area (Å²) >= 11 is 0. The minimum Gasteiger partial charge on any atom is -0.394 e. The molecule has 5 heteroatoms. The maximum Gasteiger partial charge on any atom is 0.186 e. The first-order chi connectivity index (χ1) is 5.54. The van der Waals surface area contributed by atoms with E-state index in [1.54, 1.807) is 0 Å². The second-order valence-electron chi connectivity index (χ2n) is 2.29. The molecule has 0 saturated heterocycles. The van der Waals surface area contributed by atoms with E-state index in [1.165, 1.54) is 0 Å². The van der Waals surface area contributed by atoms with Crippen LogP contribution in [0.2, 0.25) is 0 Å². The third-order valence-electron chi connectivity index (χ3n) is 1.40. The van der Waals surface area contributed by atoms with Gasteiger partial charge in [0.15, 0.2) is 5.78 Å². The van der Waals surface area contributed by atoms with Crippen LogP contribution in [0.4, 0.5) is 0 Å². The molecule has 0 saturated carbocycles. The predicted molar refractivity (Wildman–Crippen MR) is 40.3 cm³/mol. The van der Waals surface area contributed by atoms with E-state index in [2.05, 4.69) is 6.58 Å². The summed E-state index contributed by atoms with van der Waals surface area (Å²) in [6.07, 6.45) is -4.10. The van der Waals surface area contributed by atoms with Crippen LogP contribution < -0.4 is 0 Å². The van der Waals surface area contributed by atoms with Crippen molar-refractivity contribution >= 4 is 5.78 Å². The van der Waals surface area contributed by atoms with E-state index in [0.29, 0.717) is 0 Å². The minimum absolute atomic E-state index is 0.720. The van der Waals surface area contributed by atoms with Gasteiger partial charge >= 0.3 is 0 Å². The maximum absolute atomic E-state index is 10.7. The molecule has 5 nitrogen and oxygen atoms in total. The number of aliphatic hydroxyl groups is 4. The van der Waals surface area contributed by atoms with Gasteiger partial charge in [0.25, 0.3) is 0 Å². The second kappa shape index (κ2) is 5.00. The van der Waals surface area contributed by atoms with Crippen LogP contribution in [0, 0.1) is 0 Å². The van der Waals surface area contributed by atoms with Crippen molar-refractivity contribution in [2.45, 2.75) is 18.3 Å². The Bertz CT molecular complexity index is 167. The lowest BCUT2D eigenvalue weighted by atomic mass is 10.1. The van der Waals surface area contributed by atoms with Gasteiger partial charge in [-0.25, -0.2) is 0 Å². The molecular weight excluding hydrogens is 164 g/mol. The summed E-state index contributed by atoms with van der Waals surface area (Å²) < 4.78 is 0. The number of aliphatic hydroxyl groups excluding tert-OH is 4. The number of rotatable bonds is 5. The van der Waals surface area contributed by atoms with Gasteiger partial charge in [-0.15, -0.1) is 0 Å². The Morgan fingerprint density at radius 1 is 1.42 bits per heavy atom. The van der Waals surface area contributed by atoms with Gasteiger partial charge in [-0.1, -0.05) is 6.58 Å². The highest BCUT2D eigenvalue weighted by Gasteiger charge is 2.27. The van der Waals surface area contributed by atoms with Crippen LogP contribution in [0.1, 0.15) is 0 Å². The molecule has 12 heavy (non-hydrogen) atoms. The summed E-state index contributed by atoms with van der Waals surface area (Å²) in [5.74, 6) is -0.796. The number of carbonyl (C=O) groups is 1. The van der Waals surface area contributed by atoms with Gasteiger partial charge in [-0.05, 0) is 6.08 Å². The minimum atomic E-state index is -1.73. The highest BCUT2D eigenvalue weighted by molar-refractivity contribution is 5.93. The van der Waals surface area contributed by atoms with Crippen molar-refractivity contribution in [3.05, 3.63) is 12.7 Å². The fraction of sp³-hybridized carbons (Fsp3) is 0.571. The molecule has 0 rings (SSSR count). The molecule has 0 radical (unpaired) electrons. The van der Waals surface area contributed by atoms with Crippen molar-refractivity contribution in [1.82, 2.24) is 0 Å². The Balaban J connectivity index is 4.17. The van der Waals surface area contributed by atoms with Crippen LogP contribution >= 0.6 is 0 Å². The molecule has 0 amide bonds. The fourth-order valence-electron chi connectivity index (χ4n) is 0.607. The van der Waals surface area contributed by atoms with Crippen molar-refractivity contribution < 1.29 is 25.2 Å². The number of ketones is 1. The highest BCUT2D eigenvalue weighted by Crippen LogP contribution is 2.01. The summed E-state index contributed by atoms with van der Waals surface area (Å²) in [6, 6.07) is 0. The average molecular weight is 176 g/mol. The molecule has 0 heterocycles. The van der Waals surface area contributed by atoms with E-state index in [9.17, 15) is 4.79 Å². The summed E-state index contributed by atoms with van der Waals surface area (Å²) in [4.78, 5) is 10.7. The molecular formula is C7H12O5. The standard InChI is InChI=1S/C7H12O5/c1-2-4(9)6(11)7(12)5(10)3-8/h2,5-8,10-12H,1,3H2/t5-,6+,7-/m1/s1. The molecule has 0 aliphatic heterocycles. The Morgan fingerprint density at radius 2 is 1.92 bits per heavy atom. The molecule has 0 spiro atoms. The molecule has 0 fully saturated rings. The quantitative estimate of drug-likeness (QED) is 0.357. The third-order valence-corrected chi connectivity index (χ3v) is 1.40. The largest absolute Gasteiger partial charge is 0.394 e. The first kappa shape index (κ1) is 11.2. The Kier molecular flexibility index (Phi) is 4.68. The molecule has 0 aliphatic carbocycles. The Hall–Kier alpha value is -0.750. The summed E-state index contributed by atoms with van der Waals surface area (Å²) in [5.41, 5.74) is 0. The monoisotopic (exact) mass is 176 g/mol. The number of hydrogen-bond donors (Lipinski definition) is 4. The summed E-state index contributed by atoms with van der Waals surface area (Å²) in [6.45, 7) is 2.36. The SMILES string of the molecule is C=CC(=O)[C@H](O)[C@H](O)[C@H](O)CO. The first-order valence-corrected chi connectivity index (χ1v) is 3.36. The lowest BCUT2D eigenvalue weighted by Crippen LogP contribution is -2.43. The average Bonchev–Trinajstić information content (AvgIpc) is 2.12. The predicted octanol–water partition coefficient (Wildman–Crippen LogP) is -2.18. The molecule has 70 valence electrons. The Labute approximate surface area is 69.6 Å². The maximum atomic E-state index is 10.7. The molecule has 3 atom stereocenters. The van der Waals surface area contributed by atoms with Crippen molar-refractivity contribution in [3.63, 3.8) is 0 Å². The van der Waals surface area contributed by atoms with Crippen LogP contribution in [-0.2, 0) is 4.79 Å². The molecule has 4 N–H and O–H groups in total. The van der Waals surface area contributed by atoms with E-state index in [-0.39, 0.29) is 0 Å². The van der Waals surface area contributed by atoms with Gasteiger partial charge in [0.2, 0.25) is 0 Å². The Morgan fingerprint density at radius 3 is 2.25 bits per heavy atom. The molecule has 0 unspecified atom stereocenters. The molecule has 0 aromatic carbocycles. The molecule has 0 aromatic rings. The van der Waals surface area contributed by atoms with Crippen molar-refractivity contribution in [2.75, 3.05) is 6.61 Å². The van der Waals surface area contributed by atoms with Crippen LogP contribution in [0.3, 0.4) is 0 Å². The van der Waals surface area contributed by atoms with Crippen molar-refractivity contribution in [1.29, 1.82) is 0 Å². The lowest BCUT2D eigenvalue weighted by molar-refractivity contribution is -0.135. The van der Waals surface area contributed by atoms with Gasteiger partial charge in [0.05, 0.1) is 6.61 Å². The van der Waals surface area contributed by atoms with E-state index < -0.39 is 30.7 Å². The van der Waals surface area contributed by atoms with Crippen LogP contribution in [0.5, 0.6) is 0 Å². The van der Waals surface area contributed by atoms with Crippen LogP contribution in [-0.4, -0.2) is 51.1 Å². The molecule has 0 bridgehead atoms. The molecule has 0 aliphatic rings. The topological polar surface area (TPSA) is 98.0 Å². The first-order valence-electron chi connectivity index (χ1n) is 3.36. The number of hydrogen-bond acceptors (Lipinski definition) is 5. The normalized spacial score (nSPS) is 18.0. The highest BCUT2D eigenvalue weighted by atomic mass is 16.4. The van der Waals surface area contributed by atoms with Gasteiger partial charge in [0.1, 0.15) is 18.3 Å². The van der Waals surface area contributed by atoms with E-state index in [4.69, 9.17) is 20.4 Å². The summed E-state index contributed by atoms with van der Waals surface area (Å²) in [7, 11) is 0. The smallest absolute Gasteiger partial charge is 0.186 e. The van der Waals surface area contributed by atoms with E-state index in [0.717, 1.165) is 6.08 Å². The van der Waals surface area contributed by atoms with Crippen LogP contribution in [0.25, 0.3) is 0 Å². The van der Waals surface area contributed by atoms with Crippen molar-refractivity contribution in [2.24, 2.45) is 0 Å². The zero-order valence-electron chi connectivity index (χ0n) is 6.42. The fourth-order valence-corrected chi connectivity index (χ4v) is 0.607. The zero-order valence-corrected chi connectivity index (χ0v) is 6.42. The number of carbonyl (C=O) groups excluding carboxylic acids is 1.